The summed E-state index contributed by atoms with van der Waals surface area (Å²) in [6.45, 7) is 3.77. The van der Waals surface area contributed by atoms with Crippen molar-refractivity contribution in [3.8, 4) is 0 Å². The fourth-order valence-electron chi connectivity index (χ4n) is 2.55. The average molecular weight is 301 g/mol. The molecule has 2 aromatic carbocycles. The van der Waals surface area contributed by atoms with Gasteiger partial charge in [0.15, 0.2) is 0 Å². The zero-order valence-electron chi connectivity index (χ0n) is 11.9. The van der Waals surface area contributed by atoms with Gasteiger partial charge in [0, 0.05) is 22.8 Å². The summed E-state index contributed by atoms with van der Waals surface area (Å²) in [7, 11) is 0. The van der Waals surface area contributed by atoms with E-state index < -0.39 is 0 Å². The molecule has 108 valence electrons. The number of carbonyl (C=O) groups excluding carboxylic acids is 1. The van der Waals surface area contributed by atoms with Crippen LogP contribution in [0.1, 0.15) is 27.0 Å². The molecule has 21 heavy (non-hydrogen) atoms. The molecule has 2 aromatic rings. The van der Waals surface area contributed by atoms with Gasteiger partial charge in [0.25, 0.3) is 5.91 Å². The van der Waals surface area contributed by atoms with Crippen molar-refractivity contribution in [2.24, 2.45) is 0 Å². The van der Waals surface area contributed by atoms with Crippen LogP contribution in [0.2, 0.25) is 5.02 Å². The summed E-state index contributed by atoms with van der Waals surface area (Å²) in [6, 6.07) is 11.4. The van der Waals surface area contributed by atoms with Gasteiger partial charge in [-0.3, -0.25) is 4.79 Å². The van der Waals surface area contributed by atoms with E-state index in [9.17, 15) is 4.79 Å². The van der Waals surface area contributed by atoms with Crippen LogP contribution in [0.5, 0.6) is 0 Å². The number of nitrogens with one attached hydrogen (secondary N) is 2. The van der Waals surface area contributed by atoms with E-state index in [4.69, 9.17) is 11.6 Å². The second-order valence-electron chi connectivity index (χ2n) is 5.33. The number of hydrogen-bond donors (Lipinski definition) is 2. The summed E-state index contributed by atoms with van der Waals surface area (Å²) in [5.74, 6) is -0.113. The topological polar surface area (TPSA) is 41.1 Å². The van der Waals surface area contributed by atoms with Gasteiger partial charge in [-0.15, -0.1) is 0 Å². The number of hydrogen-bond acceptors (Lipinski definition) is 2. The van der Waals surface area contributed by atoms with E-state index in [1.165, 1.54) is 11.1 Å². The third-order valence-electron chi connectivity index (χ3n) is 3.77. The molecule has 1 aliphatic heterocycles. The van der Waals surface area contributed by atoms with Crippen LogP contribution in [-0.4, -0.2) is 12.5 Å². The van der Waals surface area contributed by atoms with Crippen LogP contribution in [0.4, 0.5) is 5.69 Å². The molecule has 0 aromatic heterocycles. The predicted molar refractivity (Wildman–Crippen MR) is 86.0 cm³/mol. The Labute approximate surface area is 129 Å². The summed E-state index contributed by atoms with van der Waals surface area (Å²) >= 11 is 5.99. The van der Waals surface area contributed by atoms with Gasteiger partial charge < -0.3 is 10.6 Å². The standard InChI is InChI=1S/C17H17ClN2O/c1-11-8-13(3-5-16(11)18)17(21)20-15-4-2-12-6-7-19-10-14(12)9-15/h2-5,8-9,19H,6-7,10H2,1H3,(H,20,21). The smallest absolute Gasteiger partial charge is 0.255 e. The van der Waals surface area contributed by atoms with Crippen molar-refractivity contribution in [1.82, 2.24) is 5.32 Å². The van der Waals surface area contributed by atoms with E-state index >= 15 is 0 Å². The van der Waals surface area contributed by atoms with Gasteiger partial charge in [0.2, 0.25) is 0 Å². The van der Waals surface area contributed by atoms with Crippen LogP contribution in [0.15, 0.2) is 36.4 Å². The highest BCUT2D eigenvalue weighted by molar-refractivity contribution is 6.31. The van der Waals surface area contributed by atoms with Crippen LogP contribution >= 0.6 is 11.6 Å². The molecule has 0 saturated heterocycles. The Morgan fingerprint density at radius 3 is 2.86 bits per heavy atom. The van der Waals surface area contributed by atoms with Crippen molar-refractivity contribution in [3.05, 3.63) is 63.7 Å². The largest absolute Gasteiger partial charge is 0.322 e. The van der Waals surface area contributed by atoms with Crippen LogP contribution in [0.25, 0.3) is 0 Å². The number of amides is 1. The van der Waals surface area contributed by atoms with Gasteiger partial charge in [-0.2, -0.15) is 0 Å². The molecular weight excluding hydrogens is 284 g/mol. The molecule has 3 rings (SSSR count). The minimum atomic E-state index is -0.113. The lowest BCUT2D eigenvalue weighted by atomic mass is 10.0. The number of anilines is 1. The summed E-state index contributed by atoms with van der Waals surface area (Å²) in [6.07, 6.45) is 1.04. The fraction of sp³-hybridized carbons (Fsp3) is 0.235. The first-order valence-corrected chi connectivity index (χ1v) is 7.41. The second-order valence-corrected chi connectivity index (χ2v) is 5.74. The lowest BCUT2D eigenvalue weighted by Gasteiger charge is -2.18. The molecule has 2 N–H and O–H groups in total. The molecule has 1 heterocycles. The first-order chi connectivity index (χ1) is 10.1. The highest BCUT2D eigenvalue weighted by Gasteiger charge is 2.11. The van der Waals surface area contributed by atoms with E-state index in [1.54, 1.807) is 18.2 Å². The average Bonchev–Trinajstić information content (AvgIpc) is 2.50. The van der Waals surface area contributed by atoms with E-state index in [-0.39, 0.29) is 5.91 Å². The zero-order valence-corrected chi connectivity index (χ0v) is 12.6. The van der Waals surface area contributed by atoms with Crippen LogP contribution < -0.4 is 10.6 Å². The molecule has 0 saturated carbocycles. The fourth-order valence-corrected chi connectivity index (χ4v) is 2.66. The lowest BCUT2D eigenvalue weighted by molar-refractivity contribution is 0.102. The predicted octanol–water partition coefficient (Wildman–Crippen LogP) is 3.55. The van der Waals surface area contributed by atoms with E-state index in [0.717, 1.165) is 30.8 Å². The third-order valence-corrected chi connectivity index (χ3v) is 4.19. The van der Waals surface area contributed by atoms with Crippen molar-refractivity contribution < 1.29 is 4.79 Å². The number of carbonyl (C=O) groups is 1. The lowest BCUT2D eigenvalue weighted by Crippen LogP contribution is -2.23. The molecule has 4 heteroatoms. The number of benzene rings is 2. The number of halogens is 1. The Morgan fingerprint density at radius 2 is 2.05 bits per heavy atom. The summed E-state index contributed by atoms with van der Waals surface area (Å²) in [5.41, 5.74) is 4.96. The molecule has 3 nitrogen and oxygen atoms in total. The molecule has 0 unspecified atom stereocenters. The maximum absolute atomic E-state index is 12.3. The normalized spacial score (nSPS) is 13.6. The van der Waals surface area contributed by atoms with Gasteiger partial charge in [-0.05, 0) is 66.9 Å². The van der Waals surface area contributed by atoms with Crippen molar-refractivity contribution >= 4 is 23.2 Å². The first kappa shape index (κ1) is 14.1. The molecule has 1 amide bonds. The van der Waals surface area contributed by atoms with E-state index in [2.05, 4.69) is 16.7 Å². The van der Waals surface area contributed by atoms with Crippen LogP contribution in [-0.2, 0) is 13.0 Å². The molecule has 0 spiro atoms. The monoisotopic (exact) mass is 300 g/mol. The van der Waals surface area contributed by atoms with Crippen molar-refractivity contribution in [2.45, 2.75) is 19.9 Å². The molecule has 0 radical (unpaired) electrons. The third kappa shape index (κ3) is 3.09. The molecule has 0 atom stereocenters. The Balaban J connectivity index is 1.79. The van der Waals surface area contributed by atoms with Crippen molar-refractivity contribution in [2.75, 3.05) is 11.9 Å². The minimum absolute atomic E-state index is 0.113. The Hall–Kier alpha value is -1.84. The van der Waals surface area contributed by atoms with Crippen LogP contribution in [0, 0.1) is 6.92 Å². The Bertz CT molecular complexity index is 697. The van der Waals surface area contributed by atoms with Gasteiger partial charge >= 0.3 is 0 Å². The summed E-state index contributed by atoms with van der Waals surface area (Å²) < 4.78 is 0. The number of rotatable bonds is 2. The Morgan fingerprint density at radius 1 is 1.19 bits per heavy atom. The highest BCUT2D eigenvalue weighted by atomic mass is 35.5. The minimum Gasteiger partial charge on any atom is -0.322 e. The van der Waals surface area contributed by atoms with Gasteiger partial charge in [-0.25, -0.2) is 0 Å². The summed E-state index contributed by atoms with van der Waals surface area (Å²) in [4.78, 5) is 12.3. The maximum atomic E-state index is 12.3. The van der Waals surface area contributed by atoms with Gasteiger partial charge in [0.1, 0.15) is 0 Å². The molecular formula is C17H17ClN2O. The highest BCUT2D eigenvalue weighted by Crippen LogP contribution is 2.21. The zero-order chi connectivity index (χ0) is 14.8. The molecule has 1 aliphatic rings. The van der Waals surface area contributed by atoms with Gasteiger partial charge in [0.05, 0.1) is 0 Å². The van der Waals surface area contributed by atoms with Crippen molar-refractivity contribution in [1.29, 1.82) is 0 Å². The Kier molecular flexibility index (Phi) is 3.95. The van der Waals surface area contributed by atoms with E-state index in [1.807, 2.05) is 19.1 Å². The quantitative estimate of drug-likeness (QED) is 0.890. The van der Waals surface area contributed by atoms with E-state index in [0.29, 0.717) is 10.6 Å². The summed E-state index contributed by atoms with van der Waals surface area (Å²) in [5, 5.41) is 6.96. The van der Waals surface area contributed by atoms with Crippen LogP contribution in [0.3, 0.4) is 0 Å². The van der Waals surface area contributed by atoms with Crippen molar-refractivity contribution in [3.63, 3.8) is 0 Å². The SMILES string of the molecule is Cc1cc(C(=O)Nc2ccc3c(c2)CNCC3)ccc1Cl. The maximum Gasteiger partial charge on any atom is 0.255 e. The first-order valence-electron chi connectivity index (χ1n) is 7.03. The molecule has 0 aliphatic carbocycles. The molecule has 0 bridgehead atoms. The molecule has 0 fully saturated rings. The second kappa shape index (κ2) is 5.88. The van der Waals surface area contributed by atoms with Gasteiger partial charge in [-0.1, -0.05) is 17.7 Å². The number of fused-ring (bicyclic) bond motifs is 1. The number of aryl methyl sites for hydroxylation is 1.